The number of rotatable bonds is 4. The molecule has 0 aromatic carbocycles. The number of hydrogen-bond donors (Lipinski definition) is 3. The van der Waals surface area contributed by atoms with Crippen molar-refractivity contribution in [1.82, 2.24) is 9.88 Å². The van der Waals surface area contributed by atoms with Crippen molar-refractivity contribution in [1.29, 1.82) is 5.41 Å². The molecule has 2 aromatic rings. The number of nitrogens with zero attached hydrogens (tertiary/aromatic N) is 3. The Balaban J connectivity index is 2.00. The first-order chi connectivity index (χ1) is 11.9. The van der Waals surface area contributed by atoms with E-state index >= 15 is 0 Å². The van der Waals surface area contributed by atoms with E-state index in [1.807, 2.05) is 6.92 Å². The summed E-state index contributed by atoms with van der Waals surface area (Å²) in [5.74, 6) is 1.02. The van der Waals surface area contributed by atoms with Crippen molar-refractivity contribution in [3.8, 4) is 0 Å². The summed E-state index contributed by atoms with van der Waals surface area (Å²) in [5, 5.41) is 8.63. The van der Waals surface area contributed by atoms with Crippen LogP contribution < -0.4 is 16.4 Å². The highest BCUT2D eigenvalue weighted by atomic mass is 32.1. The van der Waals surface area contributed by atoms with Gasteiger partial charge in [0, 0.05) is 31.6 Å². The van der Waals surface area contributed by atoms with E-state index in [0.29, 0.717) is 16.4 Å². The third-order valence-corrected chi connectivity index (χ3v) is 5.70. The van der Waals surface area contributed by atoms with Gasteiger partial charge in [-0.1, -0.05) is 13.3 Å². The monoisotopic (exact) mass is 360 g/mol. The minimum absolute atomic E-state index is 0.390. The van der Waals surface area contributed by atoms with Crippen molar-refractivity contribution in [3.05, 3.63) is 16.5 Å². The van der Waals surface area contributed by atoms with Crippen LogP contribution in [0.2, 0.25) is 0 Å². The molecule has 1 saturated heterocycles. The number of amidine groups is 1. The van der Waals surface area contributed by atoms with Gasteiger partial charge in [-0.15, -0.1) is 11.3 Å². The summed E-state index contributed by atoms with van der Waals surface area (Å²) >= 11 is 1.27. The zero-order valence-corrected chi connectivity index (χ0v) is 15.4. The fourth-order valence-corrected chi connectivity index (χ4v) is 4.26. The van der Waals surface area contributed by atoms with Crippen molar-refractivity contribution in [2.24, 2.45) is 5.73 Å². The van der Waals surface area contributed by atoms with Crippen LogP contribution >= 0.6 is 11.3 Å². The molecule has 3 heterocycles. The maximum atomic E-state index is 11.6. The Morgan fingerprint density at radius 1 is 1.36 bits per heavy atom. The summed E-state index contributed by atoms with van der Waals surface area (Å²) in [5.41, 5.74) is 13.2. The van der Waals surface area contributed by atoms with E-state index in [1.165, 1.54) is 11.3 Å². The molecule has 1 fully saturated rings. The van der Waals surface area contributed by atoms with Gasteiger partial charge in [0.25, 0.3) is 5.91 Å². The molecule has 0 aliphatic carbocycles. The van der Waals surface area contributed by atoms with Crippen molar-refractivity contribution in [2.75, 3.05) is 36.8 Å². The largest absolute Gasteiger partial charge is 0.397 e. The molecule has 2 aromatic heterocycles. The van der Waals surface area contributed by atoms with E-state index in [4.69, 9.17) is 21.9 Å². The Hall–Kier alpha value is -2.35. The summed E-state index contributed by atoms with van der Waals surface area (Å²) in [6.07, 6.45) is 1.87. The highest BCUT2D eigenvalue weighted by molar-refractivity contribution is 7.21. The van der Waals surface area contributed by atoms with E-state index in [1.54, 1.807) is 0 Å². The summed E-state index contributed by atoms with van der Waals surface area (Å²) < 4.78 is 0. The smallest absolute Gasteiger partial charge is 0.260 e. The van der Waals surface area contributed by atoms with Crippen LogP contribution in [-0.4, -0.2) is 47.8 Å². The number of primary amides is 1. The Labute approximate surface area is 151 Å². The second kappa shape index (κ2) is 6.87. The maximum absolute atomic E-state index is 11.6. The van der Waals surface area contributed by atoms with Crippen LogP contribution in [0.4, 0.5) is 11.5 Å². The molecule has 0 bridgehead atoms. The summed E-state index contributed by atoms with van der Waals surface area (Å²) in [7, 11) is 0. The Morgan fingerprint density at radius 3 is 2.60 bits per heavy atom. The number of pyridine rings is 1. The first kappa shape index (κ1) is 17.5. The molecule has 0 radical (unpaired) electrons. The molecule has 0 atom stereocenters. The van der Waals surface area contributed by atoms with Gasteiger partial charge in [0.1, 0.15) is 15.5 Å². The van der Waals surface area contributed by atoms with Gasteiger partial charge in [-0.05, 0) is 25.0 Å². The molecule has 134 valence electrons. The number of amides is 1. The predicted molar refractivity (Wildman–Crippen MR) is 104 cm³/mol. The lowest BCUT2D eigenvalue weighted by atomic mass is 10.1. The number of nitrogens with one attached hydrogen (secondary N) is 1. The van der Waals surface area contributed by atoms with Gasteiger partial charge in [0.15, 0.2) is 0 Å². The fraction of sp³-hybridized carbons (Fsp3) is 0.471. The lowest BCUT2D eigenvalue weighted by molar-refractivity contribution is 0.100. The average molecular weight is 360 g/mol. The van der Waals surface area contributed by atoms with Crippen molar-refractivity contribution in [3.63, 3.8) is 0 Å². The maximum Gasteiger partial charge on any atom is 0.260 e. The van der Waals surface area contributed by atoms with Crippen LogP contribution in [0.25, 0.3) is 10.2 Å². The van der Waals surface area contributed by atoms with Crippen LogP contribution in [0.15, 0.2) is 6.07 Å². The lowest BCUT2D eigenvalue weighted by Crippen LogP contribution is -2.48. The van der Waals surface area contributed by atoms with Crippen LogP contribution in [0.5, 0.6) is 0 Å². The number of nitrogen functional groups attached to an aromatic ring is 1. The minimum Gasteiger partial charge on any atom is -0.397 e. The Bertz CT molecular complexity index is 822. The molecule has 1 aliphatic rings. The number of anilines is 2. The topological polar surface area (TPSA) is 112 Å². The van der Waals surface area contributed by atoms with Crippen molar-refractivity contribution < 1.29 is 4.79 Å². The van der Waals surface area contributed by atoms with E-state index in [0.717, 1.165) is 60.6 Å². The number of thiophene rings is 1. The number of hydrogen-bond acceptors (Lipinski definition) is 6. The average Bonchev–Trinajstić information content (AvgIpc) is 2.92. The van der Waals surface area contributed by atoms with Crippen LogP contribution in [0.3, 0.4) is 0 Å². The second-order valence-electron chi connectivity index (χ2n) is 6.34. The minimum atomic E-state index is -0.500. The molecule has 25 heavy (non-hydrogen) atoms. The highest BCUT2D eigenvalue weighted by Gasteiger charge is 2.22. The normalized spacial score (nSPS) is 15.0. The number of aromatic nitrogens is 1. The molecular weight excluding hydrogens is 336 g/mol. The molecule has 0 unspecified atom stereocenters. The van der Waals surface area contributed by atoms with Gasteiger partial charge in [0.05, 0.1) is 11.5 Å². The SMILES string of the molecule is CCCc1cc(N2CCN(C(C)=N)CC2)nc2sc(C(N)=O)c(N)c12. The number of carbonyl (C=O) groups excluding carboxylic acids is 1. The molecule has 1 aliphatic heterocycles. The molecule has 1 amide bonds. The van der Waals surface area contributed by atoms with Crippen LogP contribution in [0, 0.1) is 5.41 Å². The number of piperazine rings is 1. The third-order valence-electron chi connectivity index (χ3n) is 4.59. The summed E-state index contributed by atoms with van der Waals surface area (Å²) in [4.78, 5) is 21.9. The van der Waals surface area contributed by atoms with Crippen molar-refractivity contribution in [2.45, 2.75) is 26.7 Å². The molecule has 0 saturated carbocycles. The quantitative estimate of drug-likeness (QED) is 0.570. The predicted octanol–water partition coefficient (Wildman–Crippen LogP) is 2.05. The summed E-state index contributed by atoms with van der Waals surface area (Å²) in [6, 6.07) is 2.09. The van der Waals surface area contributed by atoms with E-state index in [2.05, 4.69) is 22.8 Å². The number of aryl methyl sites for hydroxylation is 1. The third kappa shape index (κ3) is 3.26. The van der Waals surface area contributed by atoms with Gasteiger partial charge in [-0.2, -0.15) is 0 Å². The highest BCUT2D eigenvalue weighted by Crippen LogP contribution is 2.37. The zero-order valence-electron chi connectivity index (χ0n) is 14.6. The molecule has 5 N–H and O–H groups in total. The van der Waals surface area contributed by atoms with Crippen LogP contribution in [-0.2, 0) is 6.42 Å². The molecular formula is C17H24N6OS. The van der Waals surface area contributed by atoms with Gasteiger partial charge in [0.2, 0.25) is 0 Å². The first-order valence-electron chi connectivity index (χ1n) is 8.49. The Kier molecular flexibility index (Phi) is 4.80. The number of nitrogens with two attached hydrogens (primary N) is 2. The van der Waals surface area contributed by atoms with Gasteiger partial charge in [-0.3, -0.25) is 10.2 Å². The molecule has 7 nitrogen and oxygen atoms in total. The Morgan fingerprint density at radius 2 is 2.04 bits per heavy atom. The fourth-order valence-electron chi connectivity index (χ4n) is 3.27. The summed E-state index contributed by atoms with van der Waals surface area (Å²) in [6.45, 7) is 7.22. The zero-order chi connectivity index (χ0) is 18.1. The second-order valence-corrected chi connectivity index (χ2v) is 7.34. The van der Waals surface area contributed by atoms with Gasteiger partial charge < -0.3 is 21.3 Å². The standard InChI is InChI=1S/C17H24N6OS/c1-3-4-11-9-12(23-7-5-22(6-8-23)10(2)18)21-17-13(11)14(19)15(25-17)16(20)24/h9,18H,3-8,19H2,1-2H3,(H2,20,24). The molecule has 0 spiro atoms. The van der Waals surface area contributed by atoms with Crippen LogP contribution in [0.1, 0.15) is 35.5 Å². The molecule has 3 rings (SSSR count). The van der Waals surface area contributed by atoms with E-state index < -0.39 is 5.91 Å². The number of carbonyl (C=O) groups is 1. The van der Waals surface area contributed by atoms with E-state index in [-0.39, 0.29) is 0 Å². The van der Waals surface area contributed by atoms with E-state index in [9.17, 15) is 4.79 Å². The van der Waals surface area contributed by atoms with Gasteiger partial charge >= 0.3 is 0 Å². The number of fused-ring (bicyclic) bond motifs is 1. The first-order valence-corrected chi connectivity index (χ1v) is 9.30. The lowest BCUT2D eigenvalue weighted by Gasteiger charge is -2.36. The van der Waals surface area contributed by atoms with Gasteiger partial charge in [-0.25, -0.2) is 4.98 Å². The van der Waals surface area contributed by atoms with Crippen molar-refractivity contribution >= 4 is 44.8 Å². The molecule has 8 heteroatoms.